The first-order chi connectivity index (χ1) is 16.4. The van der Waals surface area contributed by atoms with Crippen LogP contribution in [-0.2, 0) is 13.1 Å². The molecular weight excluding hydrogens is 471 g/mol. The molecule has 0 radical (unpaired) electrons. The second kappa shape index (κ2) is 8.40. The minimum Gasteiger partial charge on any atom is -0.465 e. The maximum absolute atomic E-state index is 14.3. The minimum absolute atomic E-state index is 0.0390. The Labute approximate surface area is 193 Å². The number of rotatable bonds is 6. The zero-order valence-corrected chi connectivity index (χ0v) is 17.8. The molecule has 34 heavy (non-hydrogen) atoms. The zero-order valence-electron chi connectivity index (χ0n) is 17.1. The molecule has 0 spiro atoms. The lowest BCUT2D eigenvalue weighted by atomic mass is 10.3. The van der Waals surface area contributed by atoms with Crippen LogP contribution in [0.3, 0.4) is 0 Å². The fourth-order valence-electron chi connectivity index (χ4n) is 3.35. The molecule has 0 saturated heterocycles. The lowest BCUT2D eigenvalue weighted by Crippen LogP contribution is -2.23. The molecule has 2 amide bonds. The van der Waals surface area contributed by atoms with E-state index in [1.807, 2.05) is 0 Å². The summed E-state index contributed by atoms with van der Waals surface area (Å²) in [6.07, 6.45) is 6.23. The number of amides is 2. The highest BCUT2D eigenvalue weighted by Gasteiger charge is 2.16. The monoisotopic (exact) mass is 484 g/mol. The van der Waals surface area contributed by atoms with E-state index in [0.29, 0.717) is 17.0 Å². The van der Waals surface area contributed by atoms with Gasteiger partial charge in [0.15, 0.2) is 17.2 Å². The summed E-state index contributed by atoms with van der Waals surface area (Å²) in [5, 5.41) is 25.7. The van der Waals surface area contributed by atoms with E-state index in [1.54, 1.807) is 12.4 Å². The molecule has 3 N–H and O–H groups in total. The van der Waals surface area contributed by atoms with E-state index < -0.39 is 17.8 Å². The van der Waals surface area contributed by atoms with Crippen LogP contribution in [-0.4, -0.2) is 56.1 Å². The van der Waals surface area contributed by atoms with Crippen molar-refractivity contribution in [3.05, 3.63) is 71.2 Å². The Morgan fingerprint density at radius 1 is 1.24 bits per heavy atom. The number of anilines is 1. The summed E-state index contributed by atoms with van der Waals surface area (Å²) in [4.78, 5) is 31.9. The molecule has 15 heteroatoms. The Balaban J connectivity index is 1.28. The normalized spacial score (nSPS) is 11.2. The number of pyridine rings is 1. The van der Waals surface area contributed by atoms with Crippen molar-refractivity contribution in [2.24, 2.45) is 0 Å². The lowest BCUT2D eigenvalue weighted by Gasteiger charge is -2.03. The number of hydrogen-bond donors (Lipinski definition) is 3. The van der Waals surface area contributed by atoms with Crippen LogP contribution < -0.4 is 10.6 Å². The molecule has 5 heterocycles. The number of nitrogens with one attached hydrogen (secondary N) is 2. The summed E-state index contributed by atoms with van der Waals surface area (Å²) in [7, 11) is 0. The van der Waals surface area contributed by atoms with Gasteiger partial charge in [-0.2, -0.15) is 5.10 Å². The third-order valence-electron chi connectivity index (χ3n) is 4.83. The van der Waals surface area contributed by atoms with E-state index in [9.17, 15) is 14.0 Å². The van der Waals surface area contributed by atoms with Gasteiger partial charge in [0.1, 0.15) is 5.52 Å². The molecule has 5 aromatic heterocycles. The topological polar surface area (TPSA) is 157 Å². The van der Waals surface area contributed by atoms with Crippen LogP contribution in [0.1, 0.15) is 21.9 Å². The second-order valence-electron chi connectivity index (χ2n) is 7.08. The van der Waals surface area contributed by atoms with Gasteiger partial charge in [0.05, 0.1) is 60.1 Å². The largest absolute Gasteiger partial charge is 0.465 e. The molecule has 0 unspecified atom stereocenters. The Bertz CT molecular complexity index is 1560. The van der Waals surface area contributed by atoms with Crippen LogP contribution in [0, 0.1) is 5.82 Å². The third kappa shape index (κ3) is 3.97. The fourth-order valence-corrected chi connectivity index (χ4v) is 3.49. The molecule has 0 fully saturated rings. The molecule has 0 aromatic carbocycles. The first-order valence-corrected chi connectivity index (χ1v) is 10.1. The van der Waals surface area contributed by atoms with E-state index in [0.717, 1.165) is 0 Å². The van der Waals surface area contributed by atoms with Crippen LogP contribution in [0.25, 0.3) is 11.2 Å². The summed E-state index contributed by atoms with van der Waals surface area (Å²) in [6, 6.07) is 2.90. The Morgan fingerprint density at radius 2 is 2.09 bits per heavy atom. The van der Waals surface area contributed by atoms with Crippen LogP contribution in [0.5, 0.6) is 0 Å². The van der Waals surface area contributed by atoms with Crippen molar-refractivity contribution in [2.75, 3.05) is 5.32 Å². The number of halogens is 2. The van der Waals surface area contributed by atoms with Gasteiger partial charge in [-0.15, -0.1) is 5.10 Å². The minimum atomic E-state index is -1.22. The summed E-state index contributed by atoms with van der Waals surface area (Å²) in [5.74, 6) is -1.15. The van der Waals surface area contributed by atoms with Gasteiger partial charge in [-0.05, 0) is 12.1 Å². The van der Waals surface area contributed by atoms with E-state index in [2.05, 4.69) is 36.0 Å². The van der Waals surface area contributed by atoms with Crippen molar-refractivity contribution in [1.29, 1.82) is 0 Å². The SMILES string of the molecule is O=C(O)Nc1ccnn2cc(Cn3cc(C(=O)NCc4ncn5ccc(Cl)c(F)c45)nn3)nc12. The highest BCUT2D eigenvalue weighted by atomic mass is 35.5. The molecule has 0 saturated carbocycles. The van der Waals surface area contributed by atoms with Crippen molar-refractivity contribution < 1.29 is 19.1 Å². The molecule has 0 aliphatic heterocycles. The number of fused-ring (bicyclic) bond motifs is 2. The smallest absolute Gasteiger partial charge is 0.409 e. The molecule has 0 aliphatic rings. The van der Waals surface area contributed by atoms with Crippen LogP contribution in [0.2, 0.25) is 5.02 Å². The Morgan fingerprint density at radius 3 is 2.91 bits per heavy atom. The maximum Gasteiger partial charge on any atom is 0.409 e. The van der Waals surface area contributed by atoms with Crippen molar-refractivity contribution in [3.63, 3.8) is 0 Å². The zero-order chi connectivity index (χ0) is 23.8. The third-order valence-corrected chi connectivity index (χ3v) is 5.12. The van der Waals surface area contributed by atoms with Gasteiger partial charge in [0.2, 0.25) is 0 Å². The van der Waals surface area contributed by atoms with Crippen molar-refractivity contribution in [3.8, 4) is 0 Å². The van der Waals surface area contributed by atoms with Gasteiger partial charge < -0.3 is 14.8 Å². The van der Waals surface area contributed by atoms with E-state index in [1.165, 1.54) is 44.5 Å². The summed E-state index contributed by atoms with van der Waals surface area (Å²) >= 11 is 5.84. The van der Waals surface area contributed by atoms with Gasteiger partial charge in [0, 0.05) is 6.20 Å². The highest BCUT2D eigenvalue weighted by molar-refractivity contribution is 6.31. The van der Waals surface area contributed by atoms with Crippen molar-refractivity contribution in [1.82, 2.24) is 44.3 Å². The predicted octanol–water partition coefficient (Wildman–Crippen LogP) is 1.83. The molecule has 0 aliphatic carbocycles. The van der Waals surface area contributed by atoms with Crippen molar-refractivity contribution >= 4 is 40.5 Å². The van der Waals surface area contributed by atoms with Gasteiger partial charge in [-0.1, -0.05) is 16.8 Å². The number of aromatic nitrogens is 8. The maximum atomic E-state index is 14.3. The van der Waals surface area contributed by atoms with Crippen LogP contribution in [0.15, 0.2) is 43.2 Å². The van der Waals surface area contributed by atoms with Crippen LogP contribution >= 0.6 is 11.6 Å². The average molecular weight is 485 g/mol. The first kappa shape index (κ1) is 21.3. The number of carbonyl (C=O) groups is 2. The van der Waals surface area contributed by atoms with Gasteiger partial charge in [-0.3, -0.25) is 10.1 Å². The quantitative estimate of drug-likeness (QED) is 0.329. The molecule has 0 atom stereocenters. The van der Waals surface area contributed by atoms with Gasteiger partial charge >= 0.3 is 6.09 Å². The fraction of sp³-hybridized carbons (Fsp3) is 0.105. The Hall–Kier alpha value is -4.59. The standard InChI is InChI=1S/C19H14ClFN10O3/c20-11-2-4-29-9-23-13(16(29)15(11)21)5-22-18(32)14-8-30(28-27-14)6-10-7-31-17(25-10)12(1-3-24-31)26-19(33)34/h1-4,7-9,26H,5-6H2,(H,22,32)(H,33,34). The second-order valence-corrected chi connectivity index (χ2v) is 7.49. The molecule has 5 aromatic rings. The molecular formula is C19H14ClFN10O3. The van der Waals surface area contributed by atoms with E-state index in [4.69, 9.17) is 16.7 Å². The number of nitrogens with zero attached hydrogens (tertiary/aromatic N) is 8. The van der Waals surface area contributed by atoms with Gasteiger partial charge in [0.25, 0.3) is 5.91 Å². The summed E-state index contributed by atoms with van der Waals surface area (Å²) in [6.45, 7) is 0.114. The highest BCUT2D eigenvalue weighted by Crippen LogP contribution is 2.21. The summed E-state index contributed by atoms with van der Waals surface area (Å²) < 4.78 is 18.6. The molecule has 13 nitrogen and oxygen atoms in total. The molecule has 5 rings (SSSR count). The first-order valence-electron chi connectivity index (χ1n) is 9.70. The lowest BCUT2D eigenvalue weighted by molar-refractivity contribution is 0.0945. The molecule has 0 bridgehead atoms. The number of carboxylic acid groups (broad SMARTS) is 1. The molecule has 172 valence electrons. The van der Waals surface area contributed by atoms with Crippen LogP contribution in [0.4, 0.5) is 14.9 Å². The van der Waals surface area contributed by atoms with E-state index >= 15 is 0 Å². The van der Waals surface area contributed by atoms with Crippen molar-refractivity contribution in [2.45, 2.75) is 13.1 Å². The average Bonchev–Trinajstić information content (AvgIpc) is 3.53. The number of imidazole rings is 2. The Kier molecular flexibility index (Phi) is 5.25. The van der Waals surface area contributed by atoms with Gasteiger partial charge in [-0.25, -0.2) is 28.4 Å². The number of hydrogen-bond acceptors (Lipinski definition) is 7. The van der Waals surface area contributed by atoms with E-state index in [-0.39, 0.29) is 35.0 Å². The summed E-state index contributed by atoms with van der Waals surface area (Å²) in [5.41, 5.74) is 1.63. The number of carbonyl (C=O) groups excluding carboxylic acids is 1. The predicted molar refractivity (Wildman–Crippen MR) is 115 cm³/mol.